The van der Waals surface area contributed by atoms with Crippen LogP contribution in [0.15, 0.2) is 0 Å². The van der Waals surface area contributed by atoms with Crippen molar-refractivity contribution < 1.29 is 9.53 Å². The summed E-state index contributed by atoms with van der Waals surface area (Å²) in [5.74, 6) is 0.860. The van der Waals surface area contributed by atoms with Crippen molar-refractivity contribution in [3.05, 3.63) is 0 Å². The summed E-state index contributed by atoms with van der Waals surface area (Å²) in [6, 6.07) is 0. The Labute approximate surface area is 55.2 Å². The van der Waals surface area contributed by atoms with Crippen molar-refractivity contribution in [2.45, 2.75) is 13.3 Å². The van der Waals surface area contributed by atoms with Gasteiger partial charge in [0.15, 0.2) is 0 Å². The lowest BCUT2D eigenvalue weighted by molar-refractivity contribution is -0.109. The van der Waals surface area contributed by atoms with Crippen LogP contribution < -0.4 is 0 Å². The van der Waals surface area contributed by atoms with Crippen LogP contribution in [0.1, 0.15) is 13.3 Å². The molecule has 1 fully saturated rings. The van der Waals surface area contributed by atoms with Crippen LogP contribution in [-0.2, 0) is 9.53 Å². The molecule has 1 saturated carbocycles. The Bertz CT molecular complexity index is 101. The molecular formula is C7H12O2. The minimum atomic E-state index is 0.316. The van der Waals surface area contributed by atoms with E-state index in [2.05, 4.69) is 0 Å². The normalized spacial score (nSPS) is 32.1. The van der Waals surface area contributed by atoms with Crippen molar-refractivity contribution in [2.24, 2.45) is 11.8 Å². The Morgan fingerprint density at radius 1 is 1.78 bits per heavy atom. The molecule has 52 valence electrons. The molecular weight excluding hydrogens is 116 g/mol. The maximum absolute atomic E-state index is 10.1. The lowest BCUT2D eigenvalue weighted by Crippen LogP contribution is -1.97. The predicted octanol–water partition coefficient (Wildman–Crippen LogP) is 0.858. The molecule has 1 aliphatic rings. The van der Waals surface area contributed by atoms with Crippen LogP contribution in [-0.4, -0.2) is 19.5 Å². The molecule has 1 aliphatic carbocycles. The largest absolute Gasteiger partial charge is 0.381 e. The standard InChI is InChI=1S/C7H12O2/c1-2-9-5-7-3-6(7)4-8/h4,6-7H,2-3,5H2,1H3. The van der Waals surface area contributed by atoms with E-state index < -0.39 is 0 Å². The molecule has 0 amide bonds. The van der Waals surface area contributed by atoms with Gasteiger partial charge in [0.05, 0.1) is 6.61 Å². The van der Waals surface area contributed by atoms with E-state index in [-0.39, 0.29) is 0 Å². The molecule has 0 saturated heterocycles. The molecule has 2 atom stereocenters. The van der Waals surface area contributed by atoms with Gasteiger partial charge in [-0.1, -0.05) is 0 Å². The lowest BCUT2D eigenvalue weighted by atomic mass is 10.3. The van der Waals surface area contributed by atoms with E-state index in [4.69, 9.17) is 4.74 Å². The fourth-order valence-electron chi connectivity index (χ4n) is 0.899. The minimum Gasteiger partial charge on any atom is -0.381 e. The molecule has 0 spiro atoms. The fourth-order valence-corrected chi connectivity index (χ4v) is 0.899. The summed E-state index contributed by atoms with van der Waals surface area (Å²) >= 11 is 0. The highest BCUT2D eigenvalue weighted by molar-refractivity contribution is 5.58. The van der Waals surface area contributed by atoms with Gasteiger partial charge in [0.1, 0.15) is 6.29 Å². The van der Waals surface area contributed by atoms with Crippen molar-refractivity contribution in [3.63, 3.8) is 0 Å². The number of rotatable bonds is 4. The lowest BCUT2D eigenvalue weighted by Gasteiger charge is -1.95. The summed E-state index contributed by atoms with van der Waals surface area (Å²) in [6.45, 7) is 3.51. The number of ether oxygens (including phenoxy) is 1. The first kappa shape index (κ1) is 6.75. The SMILES string of the molecule is CCOCC1CC1C=O. The first-order valence-corrected chi connectivity index (χ1v) is 3.41. The monoisotopic (exact) mass is 128 g/mol. The topological polar surface area (TPSA) is 26.3 Å². The summed E-state index contributed by atoms with van der Waals surface area (Å²) in [5.41, 5.74) is 0. The molecule has 0 aliphatic heterocycles. The Morgan fingerprint density at radius 3 is 3.00 bits per heavy atom. The first-order chi connectivity index (χ1) is 4.38. The van der Waals surface area contributed by atoms with Gasteiger partial charge in [-0.2, -0.15) is 0 Å². The van der Waals surface area contributed by atoms with E-state index in [1.165, 1.54) is 0 Å². The average molecular weight is 128 g/mol. The van der Waals surface area contributed by atoms with Crippen LogP contribution >= 0.6 is 0 Å². The summed E-state index contributed by atoms with van der Waals surface area (Å²) in [5, 5.41) is 0. The van der Waals surface area contributed by atoms with Crippen LogP contribution in [0.5, 0.6) is 0 Å². The number of carbonyl (C=O) groups excluding carboxylic acids is 1. The van der Waals surface area contributed by atoms with Gasteiger partial charge in [0, 0.05) is 12.5 Å². The average Bonchev–Trinajstić information content (AvgIpc) is 2.62. The number of aldehydes is 1. The summed E-state index contributed by atoms with van der Waals surface area (Å²) in [4.78, 5) is 10.1. The third kappa shape index (κ3) is 1.79. The molecule has 0 aromatic carbocycles. The predicted molar refractivity (Wildman–Crippen MR) is 34.2 cm³/mol. The Kier molecular flexibility index (Phi) is 2.22. The molecule has 0 radical (unpaired) electrons. The second-order valence-corrected chi connectivity index (χ2v) is 2.46. The van der Waals surface area contributed by atoms with Crippen molar-refractivity contribution >= 4 is 6.29 Å². The van der Waals surface area contributed by atoms with Crippen LogP contribution in [0.4, 0.5) is 0 Å². The van der Waals surface area contributed by atoms with Gasteiger partial charge in [0.25, 0.3) is 0 Å². The molecule has 0 N–H and O–H groups in total. The van der Waals surface area contributed by atoms with E-state index >= 15 is 0 Å². The minimum absolute atomic E-state index is 0.316. The first-order valence-electron chi connectivity index (χ1n) is 3.41. The highest BCUT2D eigenvalue weighted by Crippen LogP contribution is 2.36. The number of carbonyl (C=O) groups is 1. The third-order valence-electron chi connectivity index (χ3n) is 1.69. The van der Waals surface area contributed by atoms with Gasteiger partial charge in [-0.15, -0.1) is 0 Å². The van der Waals surface area contributed by atoms with Gasteiger partial charge in [-0.05, 0) is 19.3 Å². The molecule has 0 bridgehead atoms. The van der Waals surface area contributed by atoms with Crippen molar-refractivity contribution in [2.75, 3.05) is 13.2 Å². The molecule has 0 aromatic heterocycles. The van der Waals surface area contributed by atoms with E-state index in [1.807, 2.05) is 6.92 Å². The van der Waals surface area contributed by atoms with Crippen LogP contribution in [0, 0.1) is 11.8 Å². The molecule has 2 unspecified atom stereocenters. The fraction of sp³-hybridized carbons (Fsp3) is 0.857. The van der Waals surface area contributed by atoms with E-state index in [0.717, 1.165) is 25.9 Å². The Balaban J connectivity index is 1.98. The highest BCUT2D eigenvalue weighted by atomic mass is 16.5. The van der Waals surface area contributed by atoms with Crippen molar-refractivity contribution in [1.29, 1.82) is 0 Å². The molecule has 1 rings (SSSR count). The van der Waals surface area contributed by atoms with Crippen molar-refractivity contribution in [1.82, 2.24) is 0 Å². The third-order valence-corrected chi connectivity index (χ3v) is 1.69. The molecule has 0 aromatic rings. The zero-order valence-electron chi connectivity index (χ0n) is 5.67. The van der Waals surface area contributed by atoms with E-state index in [9.17, 15) is 4.79 Å². The van der Waals surface area contributed by atoms with E-state index in [1.54, 1.807) is 0 Å². The van der Waals surface area contributed by atoms with Crippen LogP contribution in [0.3, 0.4) is 0 Å². The van der Waals surface area contributed by atoms with Gasteiger partial charge >= 0.3 is 0 Å². The smallest absolute Gasteiger partial charge is 0.123 e. The van der Waals surface area contributed by atoms with Crippen LogP contribution in [0.2, 0.25) is 0 Å². The maximum atomic E-state index is 10.1. The van der Waals surface area contributed by atoms with E-state index in [0.29, 0.717) is 11.8 Å². The second kappa shape index (κ2) is 2.97. The summed E-state index contributed by atoms with van der Waals surface area (Å²) in [6.07, 6.45) is 2.08. The molecule has 0 heterocycles. The Hall–Kier alpha value is -0.370. The number of hydrogen-bond donors (Lipinski definition) is 0. The number of hydrogen-bond acceptors (Lipinski definition) is 2. The second-order valence-electron chi connectivity index (χ2n) is 2.46. The highest BCUT2D eigenvalue weighted by Gasteiger charge is 2.36. The van der Waals surface area contributed by atoms with Crippen LogP contribution in [0.25, 0.3) is 0 Å². The molecule has 2 nitrogen and oxygen atoms in total. The molecule has 9 heavy (non-hydrogen) atoms. The Morgan fingerprint density at radius 2 is 2.56 bits per heavy atom. The van der Waals surface area contributed by atoms with Gasteiger partial charge in [-0.25, -0.2) is 0 Å². The molecule has 2 heteroatoms. The van der Waals surface area contributed by atoms with Gasteiger partial charge < -0.3 is 9.53 Å². The van der Waals surface area contributed by atoms with Crippen molar-refractivity contribution in [3.8, 4) is 0 Å². The zero-order valence-corrected chi connectivity index (χ0v) is 5.67. The summed E-state index contributed by atoms with van der Waals surface area (Å²) in [7, 11) is 0. The summed E-state index contributed by atoms with van der Waals surface area (Å²) < 4.78 is 5.13. The zero-order chi connectivity index (χ0) is 6.69. The van der Waals surface area contributed by atoms with Gasteiger partial charge in [-0.3, -0.25) is 0 Å². The van der Waals surface area contributed by atoms with Gasteiger partial charge in [0.2, 0.25) is 0 Å². The maximum Gasteiger partial charge on any atom is 0.123 e. The quantitative estimate of drug-likeness (QED) is 0.525.